The second-order valence-corrected chi connectivity index (χ2v) is 5.99. The molecular weight excluding hydrogens is 342 g/mol. The Balaban J connectivity index is 1.96. The van der Waals surface area contributed by atoms with Gasteiger partial charge in [0, 0.05) is 18.2 Å². The molecule has 1 heterocycles. The van der Waals surface area contributed by atoms with E-state index in [1.807, 2.05) is 13.8 Å². The lowest BCUT2D eigenvalue weighted by atomic mass is 10.1. The van der Waals surface area contributed by atoms with E-state index in [-0.39, 0.29) is 34.8 Å². The molecule has 0 aliphatic carbocycles. The molecule has 1 aromatic heterocycles. The predicted octanol–water partition coefficient (Wildman–Crippen LogP) is 3.33. The van der Waals surface area contributed by atoms with Crippen LogP contribution in [0.2, 0.25) is 0 Å². The molecule has 26 heavy (non-hydrogen) atoms. The number of esters is 1. The third-order valence-electron chi connectivity index (χ3n) is 3.44. The van der Waals surface area contributed by atoms with E-state index in [9.17, 15) is 19.7 Å². The molecule has 2 aromatic rings. The van der Waals surface area contributed by atoms with Crippen LogP contribution in [-0.4, -0.2) is 17.5 Å². The van der Waals surface area contributed by atoms with Crippen molar-refractivity contribution in [3.63, 3.8) is 0 Å². The number of nitrogens with zero attached hydrogens (tertiary/aromatic N) is 1. The van der Waals surface area contributed by atoms with Gasteiger partial charge in [-0.05, 0) is 18.4 Å². The number of carbonyl (C=O) groups is 1. The Morgan fingerprint density at radius 1 is 1.31 bits per heavy atom. The van der Waals surface area contributed by atoms with Crippen LogP contribution in [0.4, 0.5) is 5.69 Å². The number of benzene rings is 1. The maximum Gasteiger partial charge on any atom is 0.338 e. The fourth-order valence-corrected chi connectivity index (χ4v) is 1.99. The molecule has 0 fully saturated rings. The Hall–Kier alpha value is -3.16. The number of rotatable bonds is 8. The van der Waals surface area contributed by atoms with Crippen molar-refractivity contribution < 1.29 is 23.6 Å². The first kappa shape index (κ1) is 19.2. The lowest BCUT2D eigenvalue weighted by Gasteiger charge is -2.08. The molecule has 0 aliphatic rings. The van der Waals surface area contributed by atoms with Gasteiger partial charge in [-0.3, -0.25) is 14.9 Å². The lowest BCUT2D eigenvalue weighted by Crippen LogP contribution is -2.11. The van der Waals surface area contributed by atoms with E-state index in [0.29, 0.717) is 12.5 Å². The number of carbonyl (C=O) groups excluding carboxylic acids is 1. The SMILES string of the molecule is CC(C)CCOc1coc(COC(=O)c2cccc([N+](=O)[O-])c2)cc1=O. The van der Waals surface area contributed by atoms with E-state index in [4.69, 9.17) is 13.9 Å². The molecule has 0 saturated carbocycles. The average Bonchev–Trinajstić information content (AvgIpc) is 2.61. The zero-order chi connectivity index (χ0) is 19.1. The molecule has 0 saturated heterocycles. The highest BCUT2D eigenvalue weighted by molar-refractivity contribution is 5.90. The van der Waals surface area contributed by atoms with Gasteiger partial charge in [-0.15, -0.1) is 0 Å². The molecule has 0 spiro atoms. The van der Waals surface area contributed by atoms with Gasteiger partial charge in [-0.1, -0.05) is 19.9 Å². The fraction of sp³-hybridized carbons (Fsp3) is 0.333. The quantitative estimate of drug-likeness (QED) is 0.403. The normalized spacial score (nSPS) is 10.6. The average molecular weight is 361 g/mol. The van der Waals surface area contributed by atoms with Crippen molar-refractivity contribution in [2.24, 2.45) is 5.92 Å². The molecule has 0 bridgehead atoms. The fourth-order valence-electron chi connectivity index (χ4n) is 1.99. The third-order valence-corrected chi connectivity index (χ3v) is 3.44. The van der Waals surface area contributed by atoms with Gasteiger partial charge in [0.15, 0.2) is 0 Å². The Bertz CT molecular complexity index is 841. The van der Waals surface area contributed by atoms with Crippen molar-refractivity contribution in [2.75, 3.05) is 6.61 Å². The largest absolute Gasteiger partial charge is 0.487 e. The minimum absolute atomic E-state index is 0.0372. The van der Waals surface area contributed by atoms with Crippen molar-refractivity contribution in [1.82, 2.24) is 0 Å². The Morgan fingerprint density at radius 2 is 2.08 bits per heavy atom. The number of non-ortho nitro benzene ring substituents is 1. The molecule has 0 N–H and O–H groups in total. The van der Waals surface area contributed by atoms with E-state index < -0.39 is 10.9 Å². The molecule has 1 aromatic carbocycles. The van der Waals surface area contributed by atoms with E-state index in [0.717, 1.165) is 12.5 Å². The molecule has 8 nitrogen and oxygen atoms in total. The Kier molecular flexibility index (Phi) is 6.48. The zero-order valence-corrected chi connectivity index (χ0v) is 14.5. The van der Waals surface area contributed by atoms with Crippen molar-refractivity contribution >= 4 is 11.7 Å². The van der Waals surface area contributed by atoms with Crippen LogP contribution in [0.25, 0.3) is 0 Å². The molecule has 0 radical (unpaired) electrons. The summed E-state index contributed by atoms with van der Waals surface area (Å²) in [6.45, 7) is 4.22. The number of hydrogen-bond donors (Lipinski definition) is 0. The summed E-state index contributed by atoms with van der Waals surface area (Å²) >= 11 is 0. The van der Waals surface area contributed by atoms with E-state index in [1.54, 1.807) is 0 Å². The summed E-state index contributed by atoms with van der Waals surface area (Å²) in [6, 6.07) is 6.36. The second-order valence-electron chi connectivity index (χ2n) is 5.99. The summed E-state index contributed by atoms with van der Waals surface area (Å²) in [4.78, 5) is 34.0. The topological polar surface area (TPSA) is 109 Å². The molecule has 2 rings (SSSR count). The molecule has 0 unspecified atom stereocenters. The summed E-state index contributed by atoms with van der Waals surface area (Å²) in [7, 11) is 0. The third kappa shape index (κ3) is 5.44. The molecule has 0 amide bonds. The standard InChI is InChI=1S/C18H19NO7/c1-12(2)6-7-24-17-11-25-15(9-16(17)20)10-26-18(21)13-4-3-5-14(8-13)19(22)23/h3-5,8-9,11-12H,6-7,10H2,1-2H3. The van der Waals surface area contributed by atoms with Crippen LogP contribution in [0.5, 0.6) is 5.75 Å². The van der Waals surface area contributed by atoms with Gasteiger partial charge in [-0.25, -0.2) is 4.79 Å². The molecule has 0 aliphatic heterocycles. The number of ether oxygens (including phenoxy) is 2. The highest BCUT2D eigenvalue weighted by Crippen LogP contribution is 2.15. The number of hydrogen-bond acceptors (Lipinski definition) is 7. The van der Waals surface area contributed by atoms with Crippen LogP contribution in [0.1, 0.15) is 36.4 Å². The van der Waals surface area contributed by atoms with Crippen LogP contribution >= 0.6 is 0 Å². The van der Waals surface area contributed by atoms with Crippen LogP contribution in [0.15, 0.2) is 45.8 Å². The first-order valence-corrected chi connectivity index (χ1v) is 8.03. The van der Waals surface area contributed by atoms with E-state index >= 15 is 0 Å². The molecule has 0 atom stereocenters. The minimum atomic E-state index is -0.756. The minimum Gasteiger partial charge on any atom is -0.487 e. The van der Waals surface area contributed by atoms with E-state index in [1.165, 1.54) is 30.5 Å². The number of nitro benzene ring substituents is 1. The van der Waals surface area contributed by atoms with Gasteiger partial charge in [0.25, 0.3) is 5.69 Å². The predicted molar refractivity (Wildman–Crippen MR) is 92.1 cm³/mol. The van der Waals surface area contributed by atoms with Crippen LogP contribution in [0.3, 0.4) is 0 Å². The van der Waals surface area contributed by atoms with Gasteiger partial charge in [0.2, 0.25) is 11.2 Å². The van der Waals surface area contributed by atoms with E-state index in [2.05, 4.69) is 0 Å². The summed E-state index contributed by atoms with van der Waals surface area (Å²) < 4.78 is 15.6. The first-order valence-electron chi connectivity index (χ1n) is 8.03. The number of nitro groups is 1. The monoisotopic (exact) mass is 361 g/mol. The molecular formula is C18H19NO7. The maximum atomic E-state index is 12.0. The van der Waals surface area contributed by atoms with Gasteiger partial charge < -0.3 is 13.9 Å². The highest BCUT2D eigenvalue weighted by Gasteiger charge is 2.14. The summed E-state index contributed by atoms with van der Waals surface area (Å²) in [5, 5.41) is 10.7. The Labute approximate surface area is 149 Å². The van der Waals surface area contributed by atoms with Crippen LogP contribution in [-0.2, 0) is 11.3 Å². The van der Waals surface area contributed by atoms with Gasteiger partial charge in [0.05, 0.1) is 17.1 Å². The smallest absolute Gasteiger partial charge is 0.338 e. The van der Waals surface area contributed by atoms with Crippen molar-refractivity contribution in [3.05, 3.63) is 68.3 Å². The summed E-state index contributed by atoms with van der Waals surface area (Å²) in [6.07, 6.45) is 1.99. The van der Waals surface area contributed by atoms with Crippen molar-refractivity contribution in [1.29, 1.82) is 0 Å². The second kappa shape index (κ2) is 8.80. The van der Waals surface area contributed by atoms with Crippen LogP contribution in [0, 0.1) is 16.0 Å². The van der Waals surface area contributed by atoms with Crippen molar-refractivity contribution in [2.45, 2.75) is 26.9 Å². The maximum absolute atomic E-state index is 12.0. The van der Waals surface area contributed by atoms with Crippen molar-refractivity contribution in [3.8, 4) is 5.75 Å². The van der Waals surface area contributed by atoms with Gasteiger partial charge in [0.1, 0.15) is 18.6 Å². The highest BCUT2D eigenvalue weighted by atomic mass is 16.6. The van der Waals surface area contributed by atoms with Gasteiger partial charge >= 0.3 is 5.97 Å². The lowest BCUT2D eigenvalue weighted by molar-refractivity contribution is -0.384. The zero-order valence-electron chi connectivity index (χ0n) is 14.5. The molecule has 8 heteroatoms. The summed E-state index contributed by atoms with van der Waals surface area (Å²) in [5.74, 6) is -0.0625. The first-order chi connectivity index (χ1) is 12.4. The van der Waals surface area contributed by atoms with Gasteiger partial charge in [-0.2, -0.15) is 0 Å². The molecule has 138 valence electrons. The van der Waals surface area contributed by atoms with Crippen LogP contribution < -0.4 is 10.2 Å². The summed E-state index contributed by atoms with van der Waals surface area (Å²) in [5.41, 5.74) is -0.550. The Morgan fingerprint density at radius 3 is 2.73 bits per heavy atom.